The second kappa shape index (κ2) is 5.34. The van der Waals surface area contributed by atoms with E-state index in [0.717, 1.165) is 23.6 Å². The summed E-state index contributed by atoms with van der Waals surface area (Å²) in [6, 6.07) is 7.70. The fourth-order valence-electron chi connectivity index (χ4n) is 3.05. The highest BCUT2D eigenvalue weighted by Gasteiger charge is 2.46. The van der Waals surface area contributed by atoms with Crippen molar-refractivity contribution < 1.29 is 12.9 Å². The highest BCUT2D eigenvalue weighted by molar-refractivity contribution is 7.90. The summed E-state index contributed by atoms with van der Waals surface area (Å²) in [7, 11) is -3.02. The number of fused-ring (bicyclic) bond motifs is 1. The molecule has 1 aliphatic rings. The first kappa shape index (κ1) is 15.2. The summed E-state index contributed by atoms with van der Waals surface area (Å²) >= 11 is 0. The Morgan fingerprint density at radius 1 is 1.25 bits per heavy atom. The largest absolute Gasteiger partial charge is 0.332 e. The number of rotatable bonds is 5. The van der Waals surface area contributed by atoms with Crippen molar-refractivity contribution in [3.8, 4) is 11.6 Å². The lowest BCUT2D eigenvalue weighted by Gasteiger charge is -2.10. The molecule has 2 aromatic heterocycles. The van der Waals surface area contributed by atoms with Crippen LogP contribution in [0.1, 0.15) is 18.7 Å². The average Bonchev–Trinajstić information content (AvgIpc) is 3.10. The number of hydrogen-bond donors (Lipinski definition) is 0. The van der Waals surface area contributed by atoms with Crippen LogP contribution in [0.5, 0.6) is 0 Å². The number of hydrogen-bond acceptors (Lipinski definition) is 7. The van der Waals surface area contributed by atoms with Crippen LogP contribution in [0.2, 0.25) is 0 Å². The van der Waals surface area contributed by atoms with Gasteiger partial charge in [0, 0.05) is 23.4 Å². The van der Waals surface area contributed by atoms with Crippen molar-refractivity contribution in [2.45, 2.75) is 19.3 Å². The van der Waals surface area contributed by atoms with Crippen molar-refractivity contribution in [1.29, 1.82) is 0 Å². The van der Waals surface area contributed by atoms with E-state index in [1.807, 2.05) is 24.3 Å². The molecule has 0 atom stereocenters. The van der Waals surface area contributed by atoms with E-state index in [-0.39, 0.29) is 11.2 Å². The molecule has 2 heterocycles. The minimum atomic E-state index is -3.02. The quantitative estimate of drug-likeness (QED) is 0.698. The van der Waals surface area contributed by atoms with Gasteiger partial charge in [0.15, 0.2) is 11.5 Å². The third-order valence-electron chi connectivity index (χ3n) is 4.30. The number of aromatic nitrogens is 4. The van der Waals surface area contributed by atoms with Crippen molar-refractivity contribution in [1.82, 2.24) is 20.3 Å². The fourth-order valence-corrected chi connectivity index (χ4v) is 4.55. The molecule has 24 heavy (non-hydrogen) atoms. The van der Waals surface area contributed by atoms with Crippen LogP contribution in [-0.2, 0) is 16.3 Å². The second-order valence-corrected chi connectivity index (χ2v) is 8.68. The molecule has 0 spiro atoms. The van der Waals surface area contributed by atoms with Crippen LogP contribution in [0.25, 0.3) is 22.4 Å². The van der Waals surface area contributed by atoms with E-state index in [2.05, 4.69) is 20.3 Å². The van der Waals surface area contributed by atoms with Crippen LogP contribution >= 0.6 is 0 Å². The van der Waals surface area contributed by atoms with Crippen molar-refractivity contribution in [3.63, 3.8) is 0 Å². The molecule has 1 fully saturated rings. The molecule has 0 radical (unpaired) electrons. The molecule has 1 aliphatic carbocycles. The first-order chi connectivity index (χ1) is 11.4. The molecule has 0 aliphatic heterocycles. The van der Waals surface area contributed by atoms with Gasteiger partial charge in [-0.3, -0.25) is 0 Å². The van der Waals surface area contributed by atoms with Gasteiger partial charge >= 0.3 is 0 Å². The van der Waals surface area contributed by atoms with Crippen molar-refractivity contribution in [3.05, 3.63) is 36.3 Å². The lowest BCUT2D eigenvalue weighted by Crippen LogP contribution is -2.18. The van der Waals surface area contributed by atoms with Crippen LogP contribution in [0, 0.1) is 5.41 Å². The maximum Gasteiger partial charge on any atom is 0.279 e. The molecule has 0 bridgehead atoms. The lowest BCUT2D eigenvalue weighted by atomic mass is 10.1. The summed E-state index contributed by atoms with van der Waals surface area (Å²) in [5.74, 6) is 0.989. The Balaban J connectivity index is 1.63. The third kappa shape index (κ3) is 3.01. The van der Waals surface area contributed by atoms with E-state index in [1.165, 1.54) is 6.26 Å². The average molecular weight is 344 g/mol. The summed E-state index contributed by atoms with van der Waals surface area (Å²) in [4.78, 5) is 4.41. The molecule has 7 nitrogen and oxygen atoms in total. The first-order valence-corrected chi connectivity index (χ1v) is 9.71. The van der Waals surface area contributed by atoms with Gasteiger partial charge in [-0.15, -0.1) is 5.10 Å². The van der Waals surface area contributed by atoms with Gasteiger partial charge in [-0.25, -0.2) is 8.42 Å². The highest BCUT2D eigenvalue weighted by Crippen LogP contribution is 2.49. The van der Waals surface area contributed by atoms with Gasteiger partial charge in [0.05, 0.1) is 11.9 Å². The lowest BCUT2D eigenvalue weighted by molar-refractivity contribution is 0.412. The fraction of sp³-hybridized carbons (Fsp3) is 0.375. The first-order valence-electron chi connectivity index (χ1n) is 7.65. The Bertz CT molecular complexity index is 1000. The van der Waals surface area contributed by atoms with E-state index in [0.29, 0.717) is 23.8 Å². The Morgan fingerprint density at radius 3 is 2.79 bits per heavy atom. The summed E-state index contributed by atoms with van der Waals surface area (Å²) in [6.45, 7) is 0. The van der Waals surface area contributed by atoms with E-state index < -0.39 is 9.84 Å². The zero-order chi connectivity index (χ0) is 16.8. The van der Waals surface area contributed by atoms with Crippen LogP contribution in [-0.4, -0.2) is 40.8 Å². The Labute approximate surface area is 139 Å². The normalized spacial score (nSPS) is 16.4. The standard InChI is InChI=1S/C16H16N4O3S/c1-24(21,22)10-16(6-7-16)8-13-18-15(23-20-13)14-12-5-3-2-4-11(12)9-17-19-14/h2-5,9H,6-8,10H2,1H3. The Kier molecular flexibility index (Phi) is 3.38. The molecule has 8 heteroatoms. The maximum atomic E-state index is 11.6. The van der Waals surface area contributed by atoms with Crippen molar-refractivity contribution in [2.24, 2.45) is 5.41 Å². The minimum absolute atomic E-state index is 0.165. The summed E-state index contributed by atoms with van der Waals surface area (Å²) in [5, 5.41) is 13.9. The van der Waals surface area contributed by atoms with Crippen LogP contribution in [0.15, 0.2) is 35.0 Å². The molecule has 0 N–H and O–H groups in total. The zero-order valence-corrected chi connectivity index (χ0v) is 14.0. The van der Waals surface area contributed by atoms with Gasteiger partial charge in [0.1, 0.15) is 9.84 Å². The van der Waals surface area contributed by atoms with Crippen LogP contribution in [0.4, 0.5) is 0 Å². The highest BCUT2D eigenvalue weighted by atomic mass is 32.2. The molecule has 124 valence electrons. The van der Waals surface area contributed by atoms with Gasteiger partial charge in [-0.05, 0) is 18.3 Å². The minimum Gasteiger partial charge on any atom is -0.332 e. The zero-order valence-electron chi connectivity index (χ0n) is 13.1. The van der Waals surface area contributed by atoms with E-state index in [1.54, 1.807) is 6.20 Å². The van der Waals surface area contributed by atoms with Crippen LogP contribution < -0.4 is 0 Å². The van der Waals surface area contributed by atoms with Gasteiger partial charge in [-0.1, -0.05) is 29.4 Å². The third-order valence-corrected chi connectivity index (χ3v) is 5.44. The second-order valence-electron chi connectivity index (χ2n) is 6.54. The Hall–Kier alpha value is -2.35. The topological polar surface area (TPSA) is 98.8 Å². The molecule has 3 aromatic rings. The summed E-state index contributed by atoms with van der Waals surface area (Å²) < 4.78 is 28.5. The maximum absolute atomic E-state index is 11.6. The molecule has 1 aromatic carbocycles. The SMILES string of the molecule is CS(=O)(=O)CC1(Cc2noc(-c3nncc4ccccc34)n2)CC1. The predicted molar refractivity (Wildman–Crippen MR) is 87.9 cm³/mol. The van der Waals surface area contributed by atoms with E-state index in [4.69, 9.17) is 4.52 Å². The van der Waals surface area contributed by atoms with Crippen molar-refractivity contribution >= 4 is 20.6 Å². The van der Waals surface area contributed by atoms with Crippen molar-refractivity contribution in [2.75, 3.05) is 12.0 Å². The van der Waals surface area contributed by atoms with Gasteiger partial charge < -0.3 is 4.52 Å². The molecule has 0 saturated heterocycles. The molecular weight excluding hydrogens is 328 g/mol. The predicted octanol–water partition coefficient (Wildman–Crippen LogP) is 2.05. The molecule has 0 amide bonds. The molecule has 1 saturated carbocycles. The summed E-state index contributed by atoms with van der Waals surface area (Å²) in [6.07, 6.45) is 5.19. The molecular formula is C16H16N4O3S. The monoisotopic (exact) mass is 344 g/mol. The smallest absolute Gasteiger partial charge is 0.279 e. The van der Waals surface area contributed by atoms with Gasteiger partial charge in [-0.2, -0.15) is 10.1 Å². The van der Waals surface area contributed by atoms with E-state index in [9.17, 15) is 8.42 Å². The number of sulfone groups is 1. The number of benzene rings is 1. The van der Waals surface area contributed by atoms with Crippen LogP contribution in [0.3, 0.4) is 0 Å². The summed E-state index contributed by atoms with van der Waals surface area (Å²) in [5.41, 5.74) is 0.305. The number of nitrogens with zero attached hydrogens (tertiary/aromatic N) is 4. The van der Waals surface area contributed by atoms with Gasteiger partial charge in [0.2, 0.25) is 0 Å². The molecule has 4 rings (SSSR count). The van der Waals surface area contributed by atoms with Gasteiger partial charge in [0.25, 0.3) is 5.89 Å². The van der Waals surface area contributed by atoms with E-state index >= 15 is 0 Å². The Morgan fingerprint density at radius 2 is 2.04 bits per heavy atom. The molecule has 0 unspecified atom stereocenters.